The molecule has 2 unspecified atom stereocenters. The Balaban J connectivity index is 1.78. The van der Waals surface area contributed by atoms with Crippen molar-refractivity contribution in [2.24, 2.45) is 0 Å². The summed E-state index contributed by atoms with van der Waals surface area (Å²) in [5, 5.41) is 6.15. The summed E-state index contributed by atoms with van der Waals surface area (Å²) in [6, 6.07) is 8.84. The molecule has 3 rings (SSSR count). The number of rotatable bonds is 3. The predicted molar refractivity (Wildman–Crippen MR) is 82.1 cm³/mol. The highest BCUT2D eigenvalue weighted by Gasteiger charge is 2.28. The number of nitrogens with one attached hydrogen (secondary N) is 2. The minimum Gasteiger partial charge on any atom is -0.346 e. The number of amides is 1. The number of aromatic nitrogens is 1. The Labute approximate surface area is 132 Å². The summed E-state index contributed by atoms with van der Waals surface area (Å²) >= 11 is 0. The second-order valence-electron chi connectivity index (χ2n) is 5.57. The van der Waals surface area contributed by atoms with Crippen LogP contribution in [0.3, 0.4) is 0 Å². The van der Waals surface area contributed by atoms with Crippen molar-refractivity contribution in [2.75, 3.05) is 13.1 Å². The Hall–Kier alpha value is -2.34. The summed E-state index contributed by atoms with van der Waals surface area (Å²) < 4.78 is 26.6. The molecule has 1 fully saturated rings. The fourth-order valence-corrected chi connectivity index (χ4v) is 2.89. The van der Waals surface area contributed by atoms with Crippen LogP contribution in [-0.2, 0) is 0 Å². The van der Waals surface area contributed by atoms with Crippen molar-refractivity contribution in [2.45, 2.75) is 18.4 Å². The topological polar surface area (TPSA) is 54.0 Å². The highest BCUT2D eigenvalue weighted by molar-refractivity contribution is 5.92. The number of benzene rings is 1. The number of halogens is 2. The lowest BCUT2D eigenvalue weighted by atomic mass is 9.86. The standard InChI is InChI=1S/C17H17F2N3O/c18-13-5-4-11(9-14(13)19)12-6-8-20-10-16(12)22-17(23)15-3-1-2-7-21-15/h1-5,7,9,12,16,20H,6,8,10H2,(H,22,23). The molecule has 4 nitrogen and oxygen atoms in total. The molecular weight excluding hydrogens is 300 g/mol. The van der Waals surface area contributed by atoms with E-state index in [0.29, 0.717) is 17.8 Å². The van der Waals surface area contributed by atoms with Gasteiger partial charge < -0.3 is 10.6 Å². The second kappa shape index (κ2) is 6.83. The first-order valence-corrected chi connectivity index (χ1v) is 7.52. The van der Waals surface area contributed by atoms with E-state index in [1.165, 1.54) is 6.07 Å². The van der Waals surface area contributed by atoms with Crippen LogP contribution in [0.4, 0.5) is 8.78 Å². The van der Waals surface area contributed by atoms with Crippen LogP contribution in [0.5, 0.6) is 0 Å². The highest BCUT2D eigenvalue weighted by atomic mass is 19.2. The summed E-state index contributed by atoms with van der Waals surface area (Å²) in [5.74, 6) is -2.07. The summed E-state index contributed by atoms with van der Waals surface area (Å²) in [7, 11) is 0. The van der Waals surface area contributed by atoms with Crippen molar-refractivity contribution in [3.8, 4) is 0 Å². The van der Waals surface area contributed by atoms with E-state index in [1.807, 2.05) is 0 Å². The van der Waals surface area contributed by atoms with E-state index >= 15 is 0 Å². The predicted octanol–water partition coefficient (Wildman–Crippen LogP) is 2.24. The lowest BCUT2D eigenvalue weighted by Crippen LogP contribution is -2.50. The fourth-order valence-electron chi connectivity index (χ4n) is 2.89. The van der Waals surface area contributed by atoms with Gasteiger partial charge in [0.25, 0.3) is 5.91 Å². The third-order valence-corrected chi connectivity index (χ3v) is 4.07. The Kier molecular flexibility index (Phi) is 4.62. The molecule has 2 heterocycles. The third kappa shape index (κ3) is 3.53. The molecule has 6 heteroatoms. The van der Waals surface area contributed by atoms with Crippen molar-refractivity contribution in [3.63, 3.8) is 0 Å². The smallest absolute Gasteiger partial charge is 0.270 e. The van der Waals surface area contributed by atoms with Gasteiger partial charge in [0.1, 0.15) is 5.69 Å². The van der Waals surface area contributed by atoms with Gasteiger partial charge in [-0.2, -0.15) is 0 Å². The second-order valence-corrected chi connectivity index (χ2v) is 5.57. The molecule has 0 saturated carbocycles. The SMILES string of the molecule is O=C(NC1CNCCC1c1ccc(F)c(F)c1)c1ccccn1. The van der Waals surface area contributed by atoms with E-state index in [1.54, 1.807) is 30.5 Å². The average molecular weight is 317 g/mol. The van der Waals surface area contributed by atoms with E-state index < -0.39 is 11.6 Å². The van der Waals surface area contributed by atoms with Gasteiger partial charge in [0, 0.05) is 24.7 Å². The number of carbonyl (C=O) groups excluding carboxylic acids is 1. The molecule has 0 radical (unpaired) electrons. The van der Waals surface area contributed by atoms with Crippen LogP contribution in [0.1, 0.15) is 28.4 Å². The van der Waals surface area contributed by atoms with Crippen molar-refractivity contribution in [1.29, 1.82) is 0 Å². The molecule has 0 bridgehead atoms. The van der Waals surface area contributed by atoms with E-state index in [9.17, 15) is 13.6 Å². The highest BCUT2D eigenvalue weighted by Crippen LogP contribution is 2.27. The van der Waals surface area contributed by atoms with Gasteiger partial charge in [0.05, 0.1) is 0 Å². The zero-order valence-electron chi connectivity index (χ0n) is 12.4. The quantitative estimate of drug-likeness (QED) is 0.913. The van der Waals surface area contributed by atoms with E-state index in [0.717, 1.165) is 19.0 Å². The molecule has 1 saturated heterocycles. The molecule has 2 aromatic rings. The van der Waals surface area contributed by atoms with Crippen molar-refractivity contribution < 1.29 is 13.6 Å². The van der Waals surface area contributed by atoms with Gasteiger partial charge in [-0.25, -0.2) is 8.78 Å². The lowest BCUT2D eigenvalue weighted by molar-refractivity contribution is 0.0919. The summed E-state index contributed by atoms with van der Waals surface area (Å²) in [5.41, 5.74) is 1.03. The van der Waals surface area contributed by atoms with Crippen LogP contribution in [0.15, 0.2) is 42.6 Å². The van der Waals surface area contributed by atoms with Crippen LogP contribution >= 0.6 is 0 Å². The van der Waals surface area contributed by atoms with Crippen molar-refractivity contribution in [1.82, 2.24) is 15.6 Å². The third-order valence-electron chi connectivity index (χ3n) is 4.07. The summed E-state index contributed by atoms with van der Waals surface area (Å²) in [6.45, 7) is 1.34. The first kappa shape index (κ1) is 15.6. The molecule has 2 atom stereocenters. The summed E-state index contributed by atoms with van der Waals surface area (Å²) in [4.78, 5) is 16.3. The molecule has 23 heavy (non-hydrogen) atoms. The first-order valence-electron chi connectivity index (χ1n) is 7.52. The van der Waals surface area contributed by atoms with Crippen molar-refractivity contribution >= 4 is 5.91 Å². The van der Waals surface area contributed by atoms with E-state index in [-0.39, 0.29) is 17.9 Å². The van der Waals surface area contributed by atoms with Crippen LogP contribution < -0.4 is 10.6 Å². The zero-order chi connectivity index (χ0) is 16.2. The monoisotopic (exact) mass is 317 g/mol. The van der Waals surface area contributed by atoms with Gasteiger partial charge in [0.2, 0.25) is 0 Å². The molecule has 120 valence electrons. The van der Waals surface area contributed by atoms with Gasteiger partial charge in [0.15, 0.2) is 11.6 Å². The fraction of sp³-hybridized carbons (Fsp3) is 0.294. The molecule has 0 spiro atoms. The Bertz CT molecular complexity index is 693. The minimum absolute atomic E-state index is 0.0704. The maximum Gasteiger partial charge on any atom is 0.270 e. The maximum atomic E-state index is 13.5. The Morgan fingerprint density at radius 2 is 2.09 bits per heavy atom. The summed E-state index contributed by atoms with van der Waals surface area (Å²) in [6.07, 6.45) is 2.29. The lowest BCUT2D eigenvalue weighted by Gasteiger charge is -2.33. The normalized spacial score (nSPS) is 21.0. The van der Waals surface area contributed by atoms with E-state index in [2.05, 4.69) is 15.6 Å². The van der Waals surface area contributed by atoms with E-state index in [4.69, 9.17) is 0 Å². The van der Waals surface area contributed by atoms with Gasteiger partial charge in [-0.3, -0.25) is 9.78 Å². The van der Waals surface area contributed by atoms with Crippen LogP contribution in [0.25, 0.3) is 0 Å². The number of hydrogen-bond donors (Lipinski definition) is 2. The number of hydrogen-bond acceptors (Lipinski definition) is 3. The average Bonchev–Trinajstić information content (AvgIpc) is 2.59. The number of carbonyl (C=O) groups is 1. The van der Waals surface area contributed by atoms with Gasteiger partial charge in [-0.15, -0.1) is 0 Å². The minimum atomic E-state index is -0.865. The Morgan fingerprint density at radius 3 is 2.83 bits per heavy atom. The molecule has 1 amide bonds. The number of piperidine rings is 1. The maximum absolute atomic E-state index is 13.5. The van der Waals surface area contributed by atoms with Crippen LogP contribution in [0.2, 0.25) is 0 Å². The number of nitrogens with zero attached hydrogens (tertiary/aromatic N) is 1. The van der Waals surface area contributed by atoms with Gasteiger partial charge in [-0.1, -0.05) is 12.1 Å². The molecule has 2 N–H and O–H groups in total. The molecule has 1 aliphatic heterocycles. The molecule has 1 aromatic carbocycles. The first-order chi connectivity index (χ1) is 11.1. The largest absolute Gasteiger partial charge is 0.346 e. The van der Waals surface area contributed by atoms with Gasteiger partial charge in [-0.05, 0) is 42.8 Å². The molecule has 0 aliphatic carbocycles. The molecule has 1 aromatic heterocycles. The van der Waals surface area contributed by atoms with Crippen LogP contribution in [-0.4, -0.2) is 30.0 Å². The zero-order valence-corrected chi connectivity index (χ0v) is 12.4. The number of pyridine rings is 1. The van der Waals surface area contributed by atoms with Crippen LogP contribution in [0, 0.1) is 11.6 Å². The van der Waals surface area contributed by atoms with Crippen molar-refractivity contribution in [3.05, 3.63) is 65.5 Å². The van der Waals surface area contributed by atoms with Gasteiger partial charge >= 0.3 is 0 Å². The Morgan fingerprint density at radius 1 is 1.22 bits per heavy atom. The molecular formula is C17H17F2N3O. The molecule has 1 aliphatic rings.